The van der Waals surface area contributed by atoms with E-state index in [-0.39, 0.29) is 5.91 Å². The highest BCUT2D eigenvalue weighted by Crippen LogP contribution is 2.36. The molecule has 7 heteroatoms. The maximum absolute atomic E-state index is 11.8. The molecule has 0 saturated carbocycles. The van der Waals surface area contributed by atoms with E-state index in [1.807, 2.05) is 13.8 Å². The molecule has 0 radical (unpaired) electrons. The Morgan fingerprint density at radius 3 is 2.84 bits per heavy atom. The SMILES string of the molecule is COc1cc(-c2ncc3c(n2)NC(=O)C3(C)C)[nH]n1. The van der Waals surface area contributed by atoms with Gasteiger partial charge in [-0.05, 0) is 13.8 Å². The fraction of sp³-hybridized carbons (Fsp3) is 0.333. The van der Waals surface area contributed by atoms with Crippen LogP contribution in [0.5, 0.6) is 5.88 Å². The zero-order valence-corrected chi connectivity index (χ0v) is 10.8. The molecule has 3 heterocycles. The first kappa shape index (κ1) is 11.6. The van der Waals surface area contributed by atoms with Crippen molar-refractivity contribution in [2.45, 2.75) is 19.3 Å². The van der Waals surface area contributed by atoms with Gasteiger partial charge in [-0.1, -0.05) is 0 Å². The molecule has 1 aliphatic heterocycles. The lowest BCUT2D eigenvalue weighted by molar-refractivity contribution is -0.119. The third kappa shape index (κ3) is 1.66. The Hall–Kier alpha value is -2.44. The smallest absolute Gasteiger partial charge is 0.235 e. The average Bonchev–Trinajstić information content (AvgIpc) is 2.94. The summed E-state index contributed by atoms with van der Waals surface area (Å²) in [4.78, 5) is 20.4. The topological polar surface area (TPSA) is 92.8 Å². The number of nitrogens with zero attached hydrogens (tertiary/aromatic N) is 3. The third-order valence-electron chi connectivity index (χ3n) is 3.27. The number of anilines is 1. The first-order valence-corrected chi connectivity index (χ1v) is 5.81. The molecule has 0 fully saturated rings. The number of aromatic amines is 1. The van der Waals surface area contributed by atoms with Gasteiger partial charge in [0.1, 0.15) is 11.5 Å². The van der Waals surface area contributed by atoms with Crippen molar-refractivity contribution >= 4 is 11.7 Å². The van der Waals surface area contributed by atoms with E-state index < -0.39 is 5.41 Å². The number of H-pyrrole nitrogens is 1. The number of hydrogen-bond donors (Lipinski definition) is 2. The number of carbonyl (C=O) groups is 1. The fourth-order valence-corrected chi connectivity index (χ4v) is 1.97. The van der Waals surface area contributed by atoms with Gasteiger partial charge in [0.2, 0.25) is 11.8 Å². The van der Waals surface area contributed by atoms with Gasteiger partial charge in [-0.2, -0.15) is 0 Å². The maximum atomic E-state index is 11.8. The molecule has 19 heavy (non-hydrogen) atoms. The van der Waals surface area contributed by atoms with E-state index in [4.69, 9.17) is 4.74 Å². The number of fused-ring (bicyclic) bond motifs is 1. The second kappa shape index (κ2) is 3.78. The lowest BCUT2D eigenvalue weighted by atomic mass is 9.88. The van der Waals surface area contributed by atoms with Crippen LogP contribution in [0.1, 0.15) is 19.4 Å². The second-order valence-corrected chi connectivity index (χ2v) is 4.86. The van der Waals surface area contributed by atoms with Crippen LogP contribution in [0.3, 0.4) is 0 Å². The van der Waals surface area contributed by atoms with Crippen molar-refractivity contribution in [3.8, 4) is 17.4 Å². The van der Waals surface area contributed by atoms with Crippen molar-refractivity contribution in [3.63, 3.8) is 0 Å². The largest absolute Gasteiger partial charge is 0.480 e. The van der Waals surface area contributed by atoms with Gasteiger partial charge in [0.15, 0.2) is 5.82 Å². The zero-order chi connectivity index (χ0) is 13.6. The van der Waals surface area contributed by atoms with E-state index >= 15 is 0 Å². The molecular formula is C12H13N5O2. The minimum Gasteiger partial charge on any atom is -0.480 e. The van der Waals surface area contributed by atoms with Crippen LogP contribution in [0.2, 0.25) is 0 Å². The van der Waals surface area contributed by atoms with Crippen LogP contribution in [0.15, 0.2) is 12.3 Å². The first-order valence-electron chi connectivity index (χ1n) is 5.81. The van der Waals surface area contributed by atoms with Crippen LogP contribution in [0, 0.1) is 0 Å². The van der Waals surface area contributed by atoms with E-state index in [1.54, 1.807) is 12.3 Å². The normalized spacial score (nSPS) is 16.1. The Balaban J connectivity index is 2.04. The molecule has 1 aliphatic rings. The molecule has 0 unspecified atom stereocenters. The lowest BCUT2D eigenvalue weighted by Gasteiger charge is -2.13. The summed E-state index contributed by atoms with van der Waals surface area (Å²) in [7, 11) is 1.53. The molecule has 0 bridgehead atoms. The van der Waals surface area contributed by atoms with Crippen LogP contribution in [0.4, 0.5) is 5.82 Å². The number of amides is 1. The monoisotopic (exact) mass is 259 g/mol. The van der Waals surface area contributed by atoms with Gasteiger partial charge in [-0.3, -0.25) is 9.89 Å². The van der Waals surface area contributed by atoms with Crippen LogP contribution >= 0.6 is 0 Å². The summed E-state index contributed by atoms with van der Waals surface area (Å²) in [5, 5.41) is 9.48. The summed E-state index contributed by atoms with van der Waals surface area (Å²) in [5.41, 5.74) is 0.839. The van der Waals surface area contributed by atoms with E-state index in [2.05, 4.69) is 25.5 Å². The maximum Gasteiger partial charge on any atom is 0.235 e. The van der Waals surface area contributed by atoms with Crippen molar-refractivity contribution in [2.24, 2.45) is 0 Å². The number of aromatic nitrogens is 4. The quantitative estimate of drug-likeness (QED) is 0.842. The second-order valence-electron chi connectivity index (χ2n) is 4.86. The number of methoxy groups -OCH3 is 1. The van der Waals surface area contributed by atoms with Crippen LogP contribution in [0.25, 0.3) is 11.5 Å². The van der Waals surface area contributed by atoms with Crippen LogP contribution in [-0.4, -0.2) is 33.2 Å². The van der Waals surface area contributed by atoms with Gasteiger partial charge in [-0.25, -0.2) is 9.97 Å². The van der Waals surface area contributed by atoms with Crippen molar-refractivity contribution < 1.29 is 9.53 Å². The summed E-state index contributed by atoms with van der Waals surface area (Å²) in [5.74, 6) is 1.40. The van der Waals surface area contributed by atoms with Gasteiger partial charge in [0, 0.05) is 17.8 Å². The van der Waals surface area contributed by atoms with Crippen LogP contribution < -0.4 is 10.1 Å². The third-order valence-corrected chi connectivity index (χ3v) is 3.27. The summed E-state index contributed by atoms with van der Waals surface area (Å²) in [6, 6.07) is 1.70. The van der Waals surface area contributed by atoms with Gasteiger partial charge in [0.05, 0.1) is 12.5 Å². The number of carbonyl (C=O) groups excluding carboxylic acids is 1. The van der Waals surface area contributed by atoms with Gasteiger partial charge < -0.3 is 10.1 Å². The van der Waals surface area contributed by atoms with E-state index in [9.17, 15) is 4.79 Å². The molecule has 7 nitrogen and oxygen atoms in total. The minimum absolute atomic E-state index is 0.0730. The molecule has 0 aliphatic carbocycles. The summed E-state index contributed by atoms with van der Waals surface area (Å²) < 4.78 is 4.99. The molecular weight excluding hydrogens is 246 g/mol. The van der Waals surface area contributed by atoms with E-state index in [1.165, 1.54) is 7.11 Å². The molecule has 0 aromatic carbocycles. The standard InChI is InChI=1S/C12H13N5O2/c1-12(2)6-5-13-10(14-9(6)15-11(12)18)7-4-8(19-3)17-16-7/h4-5H,1-3H3,(H,16,17)(H,13,14,15,18). The highest BCUT2D eigenvalue weighted by Gasteiger charge is 2.39. The summed E-state index contributed by atoms with van der Waals surface area (Å²) >= 11 is 0. The summed E-state index contributed by atoms with van der Waals surface area (Å²) in [6.07, 6.45) is 1.67. The van der Waals surface area contributed by atoms with Gasteiger partial charge in [-0.15, -0.1) is 5.10 Å². The Bertz CT molecular complexity index is 662. The van der Waals surface area contributed by atoms with E-state index in [0.717, 1.165) is 5.56 Å². The van der Waals surface area contributed by atoms with Gasteiger partial charge in [0.25, 0.3) is 0 Å². The molecule has 0 atom stereocenters. The molecule has 2 N–H and O–H groups in total. The molecule has 98 valence electrons. The molecule has 3 rings (SSSR count). The zero-order valence-electron chi connectivity index (χ0n) is 10.8. The Morgan fingerprint density at radius 1 is 1.37 bits per heavy atom. The predicted octanol–water partition coefficient (Wildman–Crippen LogP) is 1.10. The number of rotatable bonds is 2. The number of ether oxygens (including phenoxy) is 1. The number of hydrogen-bond acceptors (Lipinski definition) is 5. The van der Waals surface area contributed by atoms with Crippen molar-refractivity contribution in [3.05, 3.63) is 17.8 Å². The molecule has 1 amide bonds. The molecule has 0 spiro atoms. The van der Waals surface area contributed by atoms with Crippen molar-refractivity contribution in [1.82, 2.24) is 20.2 Å². The van der Waals surface area contributed by atoms with Crippen molar-refractivity contribution in [2.75, 3.05) is 12.4 Å². The van der Waals surface area contributed by atoms with E-state index in [0.29, 0.717) is 23.2 Å². The number of nitrogens with one attached hydrogen (secondary N) is 2. The molecule has 0 saturated heterocycles. The average molecular weight is 259 g/mol. The first-order chi connectivity index (χ1) is 9.02. The minimum atomic E-state index is -0.598. The summed E-state index contributed by atoms with van der Waals surface area (Å²) in [6.45, 7) is 3.69. The van der Waals surface area contributed by atoms with Crippen LogP contribution in [-0.2, 0) is 10.2 Å². The highest BCUT2D eigenvalue weighted by molar-refractivity contribution is 6.04. The fourth-order valence-electron chi connectivity index (χ4n) is 1.97. The molecule has 2 aromatic rings. The predicted molar refractivity (Wildman–Crippen MR) is 67.8 cm³/mol. The van der Waals surface area contributed by atoms with Crippen molar-refractivity contribution in [1.29, 1.82) is 0 Å². The molecule has 2 aromatic heterocycles. The lowest BCUT2D eigenvalue weighted by Crippen LogP contribution is -2.26. The Morgan fingerprint density at radius 2 is 2.16 bits per heavy atom. The van der Waals surface area contributed by atoms with Gasteiger partial charge >= 0.3 is 0 Å². The highest BCUT2D eigenvalue weighted by atomic mass is 16.5. The Kier molecular flexibility index (Phi) is 2.31. The Labute approximate surface area is 109 Å².